The van der Waals surface area contributed by atoms with Crippen molar-refractivity contribution >= 4 is 6.29 Å². The Morgan fingerprint density at radius 3 is 2.62 bits per heavy atom. The van der Waals surface area contributed by atoms with Gasteiger partial charge >= 0.3 is 0 Å². The summed E-state index contributed by atoms with van der Waals surface area (Å²) in [6.07, 6.45) is 8.87. The summed E-state index contributed by atoms with van der Waals surface area (Å²) in [5.74, 6) is 0. The van der Waals surface area contributed by atoms with Crippen LogP contribution in [0.2, 0.25) is 0 Å². The molecule has 0 fully saturated rings. The fourth-order valence-electron chi connectivity index (χ4n) is 0.324. The van der Waals surface area contributed by atoms with Gasteiger partial charge < -0.3 is 4.79 Å². The third-order valence-electron chi connectivity index (χ3n) is 0.672. The van der Waals surface area contributed by atoms with E-state index in [4.69, 9.17) is 0 Å². The van der Waals surface area contributed by atoms with Crippen molar-refractivity contribution in [2.24, 2.45) is 0 Å². The first-order chi connectivity index (χ1) is 3.91. The van der Waals surface area contributed by atoms with Crippen LogP contribution in [0.15, 0.2) is 24.3 Å². The van der Waals surface area contributed by atoms with Crippen LogP contribution in [0.3, 0.4) is 0 Å². The van der Waals surface area contributed by atoms with Crippen LogP contribution in [0.25, 0.3) is 0 Å². The van der Waals surface area contributed by atoms with Crippen LogP contribution in [0, 0.1) is 0 Å². The zero-order valence-corrected chi connectivity index (χ0v) is 5.00. The normalized spacial score (nSPS) is 11.1. The van der Waals surface area contributed by atoms with Gasteiger partial charge in [-0.05, 0) is 6.92 Å². The number of rotatable bonds is 3. The lowest BCUT2D eigenvalue weighted by Crippen LogP contribution is -1.62. The third-order valence-corrected chi connectivity index (χ3v) is 0.672. The average Bonchev–Trinajstić information content (AvgIpc) is 1.81. The van der Waals surface area contributed by atoms with Crippen LogP contribution in [0.4, 0.5) is 0 Å². The SMILES string of the molecule is CC=C/C=C\CC=O. The lowest BCUT2D eigenvalue weighted by atomic mass is 10.4. The Morgan fingerprint density at radius 2 is 2.12 bits per heavy atom. The molecular weight excluding hydrogens is 100 g/mol. The summed E-state index contributed by atoms with van der Waals surface area (Å²) in [5.41, 5.74) is 0. The standard InChI is InChI=1S/C7H10O/c1-2-3-4-5-6-7-8/h2-5,7H,6H2,1H3/b3-2?,5-4-. The number of hydrogen-bond donors (Lipinski definition) is 0. The zero-order chi connectivity index (χ0) is 6.24. The van der Waals surface area contributed by atoms with E-state index in [0.717, 1.165) is 6.29 Å². The molecule has 44 valence electrons. The van der Waals surface area contributed by atoms with Crippen LogP contribution in [-0.2, 0) is 4.79 Å². The Labute approximate surface area is 49.7 Å². The van der Waals surface area contributed by atoms with Crippen molar-refractivity contribution in [3.63, 3.8) is 0 Å². The summed E-state index contributed by atoms with van der Waals surface area (Å²) < 4.78 is 0. The number of carbonyl (C=O) groups excluding carboxylic acids is 1. The van der Waals surface area contributed by atoms with Gasteiger partial charge in [0.25, 0.3) is 0 Å². The molecule has 0 aliphatic heterocycles. The second kappa shape index (κ2) is 6.15. The van der Waals surface area contributed by atoms with Gasteiger partial charge in [-0.1, -0.05) is 24.3 Å². The molecule has 0 rings (SSSR count). The maximum atomic E-state index is 9.69. The van der Waals surface area contributed by atoms with Gasteiger partial charge in [0.05, 0.1) is 0 Å². The Kier molecular flexibility index (Phi) is 5.50. The first-order valence-corrected chi connectivity index (χ1v) is 2.63. The Balaban J connectivity index is 3.19. The molecule has 1 heteroatoms. The highest BCUT2D eigenvalue weighted by atomic mass is 16.1. The van der Waals surface area contributed by atoms with Crippen molar-refractivity contribution in [2.45, 2.75) is 13.3 Å². The van der Waals surface area contributed by atoms with Crippen LogP contribution < -0.4 is 0 Å². The van der Waals surface area contributed by atoms with Crippen molar-refractivity contribution in [2.75, 3.05) is 0 Å². The second-order valence-corrected chi connectivity index (χ2v) is 1.36. The summed E-state index contributed by atoms with van der Waals surface area (Å²) in [6.45, 7) is 1.94. The molecule has 0 N–H and O–H groups in total. The number of allylic oxidation sites excluding steroid dienone is 4. The summed E-state index contributed by atoms with van der Waals surface area (Å²) in [6, 6.07) is 0. The molecule has 0 aromatic rings. The van der Waals surface area contributed by atoms with Gasteiger partial charge in [-0.15, -0.1) is 0 Å². The van der Waals surface area contributed by atoms with E-state index in [-0.39, 0.29) is 0 Å². The molecule has 0 aromatic heterocycles. The molecular formula is C7H10O. The van der Waals surface area contributed by atoms with E-state index in [1.54, 1.807) is 0 Å². The van der Waals surface area contributed by atoms with Crippen molar-refractivity contribution in [3.05, 3.63) is 24.3 Å². The predicted octanol–water partition coefficient (Wildman–Crippen LogP) is 1.71. The lowest BCUT2D eigenvalue weighted by Gasteiger charge is -1.70. The Hall–Kier alpha value is -0.850. The lowest BCUT2D eigenvalue weighted by molar-refractivity contribution is -0.107. The first kappa shape index (κ1) is 7.15. The predicted molar refractivity (Wildman–Crippen MR) is 34.6 cm³/mol. The van der Waals surface area contributed by atoms with E-state index in [9.17, 15) is 4.79 Å². The van der Waals surface area contributed by atoms with E-state index in [1.807, 2.05) is 31.2 Å². The summed E-state index contributed by atoms with van der Waals surface area (Å²) in [4.78, 5) is 9.69. The summed E-state index contributed by atoms with van der Waals surface area (Å²) in [7, 11) is 0. The van der Waals surface area contributed by atoms with Gasteiger partial charge in [0.15, 0.2) is 0 Å². The first-order valence-electron chi connectivity index (χ1n) is 2.63. The van der Waals surface area contributed by atoms with E-state index in [0.29, 0.717) is 6.42 Å². The van der Waals surface area contributed by atoms with Crippen LogP contribution >= 0.6 is 0 Å². The molecule has 0 spiro atoms. The van der Waals surface area contributed by atoms with Gasteiger partial charge in [-0.2, -0.15) is 0 Å². The molecule has 0 aromatic carbocycles. The minimum absolute atomic E-state index is 0.518. The van der Waals surface area contributed by atoms with E-state index < -0.39 is 0 Å². The van der Waals surface area contributed by atoms with Gasteiger partial charge in [-0.25, -0.2) is 0 Å². The van der Waals surface area contributed by atoms with E-state index >= 15 is 0 Å². The van der Waals surface area contributed by atoms with Crippen LogP contribution in [0.1, 0.15) is 13.3 Å². The van der Waals surface area contributed by atoms with Crippen molar-refractivity contribution in [3.8, 4) is 0 Å². The summed E-state index contributed by atoms with van der Waals surface area (Å²) in [5, 5.41) is 0. The second-order valence-electron chi connectivity index (χ2n) is 1.36. The molecule has 0 saturated carbocycles. The summed E-state index contributed by atoms with van der Waals surface area (Å²) >= 11 is 0. The molecule has 0 aliphatic rings. The largest absolute Gasteiger partial charge is 0.303 e. The molecule has 0 saturated heterocycles. The smallest absolute Gasteiger partial charge is 0.123 e. The maximum Gasteiger partial charge on any atom is 0.123 e. The number of carbonyl (C=O) groups is 1. The highest BCUT2D eigenvalue weighted by Gasteiger charge is 1.65. The minimum Gasteiger partial charge on any atom is -0.303 e. The molecule has 1 nitrogen and oxygen atoms in total. The highest BCUT2D eigenvalue weighted by molar-refractivity contribution is 5.51. The molecule has 0 radical (unpaired) electrons. The van der Waals surface area contributed by atoms with Crippen LogP contribution in [-0.4, -0.2) is 6.29 Å². The maximum absolute atomic E-state index is 9.69. The molecule has 8 heavy (non-hydrogen) atoms. The van der Waals surface area contributed by atoms with Gasteiger partial charge in [0, 0.05) is 6.42 Å². The van der Waals surface area contributed by atoms with Crippen molar-refractivity contribution in [1.29, 1.82) is 0 Å². The minimum atomic E-state index is 0.518. The topological polar surface area (TPSA) is 17.1 Å². The van der Waals surface area contributed by atoms with Crippen molar-refractivity contribution < 1.29 is 4.79 Å². The molecule has 0 aliphatic carbocycles. The van der Waals surface area contributed by atoms with E-state index in [2.05, 4.69) is 0 Å². The van der Waals surface area contributed by atoms with Crippen LogP contribution in [0.5, 0.6) is 0 Å². The third kappa shape index (κ3) is 5.15. The molecule has 0 atom stereocenters. The molecule has 0 amide bonds. The monoisotopic (exact) mass is 110 g/mol. The fourth-order valence-corrected chi connectivity index (χ4v) is 0.324. The molecule has 0 bridgehead atoms. The molecule has 0 heterocycles. The van der Waals surface area contributed by atoms with Gasteiger partial charge in [0.1, 0.15) is 6.29 Å². The van der Waals surface area contributed by atoms with Crippen molar-refractivity contribution in [1.82, 2.24) is 0 Å². The van der Waals surface area contributed by atoms with Gasteiger partial charge in [0.2, 0.25) is 0 Å². The molecule has 0 unspecified atom stereocenters. The highest BCUT2D eigenvalue weighted by Crippen LogP contribution is 1.78. The quantitative estimate of drug-likeness (QED) is 0.399. The average molecular weight is 110 g/mol. The zero-order valence-electron chi connectivity index (χ0n) is 5.00. The Bertz CT molecular complexity index is 101. The van der Waals surface area contributed by atoms with Gasteiger partial charge in [-0.3, -0.25) is 0 Å². The number of aldehydes is 1. The fraction of sp³-hybridized carbons (Fsp3) is 0.286. The number of hydrogen-bond acceptors (Lipinski definition) is 1. The Morgan fingerprint density at radius 1 is 1.38 bits per heavy atom. The van der Waals surface area contributed by atoms with E-state index in [1.165, 1.54) is 0 Å².